The van der Waals surface area contributed by atoms with E-state index in [0.29, 0.717) is 6.61 Å². The highest BCUT2D eigenvalue weighted by Gasteiger charge is 2.09. The number of hydrogen-bond donors (Lipinski definition) is 2. The lowest BCUT2D eigenvalue weighted by Crippen LogP contribution is -2.44. The number of morpholine rings is 1. The van der Waals surface area contributed by atoms with E-state index in [-0.39, 0.29) is 24.0 Å². The molecule has 0 amide bonds. The highest BCUT2D eigenvalue weighted by molar-refractivity contribution is 14.0. The molecule has 6 nitrogen and oxygen atoms in total. The van der Waals surface area contributed by atoms with Crippen LogP contribution in [0, 0.1) is 0 Å². The van der Waals surface area contributed by atoms with Gasteiger partial charge >= 0.3 is 0 Å². The van der Waals surface area contributed by atoms with Crippen LogP contribution in [0.2, 0.25) is 0 Å². The van der Waals surface area contributed by atoms with Crippen LogP contribution in [0.25, 0.3) is 0 Å². The second-order valence-corrected chi connectivity index (χ2v) is 6.13. The van der Waals surface area contributed by atoms with Crippen molar-refractivity contribution in [3.8, 4) is 0 Å². The van der Waals surface area contributed by atoms with Crippen LogP contribution >= 0.6 is 24.0 Å². The van der Waals surface area contributed by atoms with Crippen LogP contribution < -0.4 is 10.6 Å². The molecule has 148 valence electrons. The van der Waals surface area contributed by atoms with Gasteiger partial charge in [0.15, 0.2) is 5.96 Å². The van der Waals surface area contributed by atoms with E-state index >= 15 is 0 Å². The molecule has 0 spiro atoms. The molecule has 0 bridgehead atoms. The number of ether oxygens (including phenoxy) is 2. The van der Waals surface area contributed by atoms with Crippen molar-refractivity contribution in [2.24, 2.45) is 4.99 Å². The highest BCUT2D eigenvalue weighted by atomic mass is 127. The molecule has 0 atom stereocenters. The Morgan fingerprint density at radius 3 is 2.58 bits per heavy atom. The van der Waals surface area contributed by atoms with Crippen LogP contribution in [-0.4, -0.2) is 70.5 Å². The van der Waals surface area contributed by atoms with Gasteiger partial charge in [-0.1, -0.05) is 30.3 Å². The van der Waals surface area contributed by atoms with Gasteiger partial charge in [0.25, 0.3) is 0 Å². The lowest BCUT2D eigenvalue weighted by Gasteiger charge is -2.26. The second kappa shape index (κ2) is 15.2. The maximum atomic E-state index is 5.70. The Hall–Kier alpha value is -0.900. The molecule has 1 aliphatic rings. The number of unbranched alkanes of at least 4 members (excludes halogenated alkanes) is 1. The van der Waals surface area contributed by atoms with Crippen molar-refractivity contribution in [3.63, 3.8) is 0 Å². The third-order valence-corrected chi connectivity index (χ3v) is 4.17. The summed E-state index contributed by atoms with van der Waals surface area (Å²) >= 11 is 0. The van der Waals surface area contributed by atoms with E-state index in [1.54, 1.807) is 0 Å². The molecule has 0 aliphatic carbocycles. The van der Waals surface area contributed by atoms with Gasteiger partial charge in [-0.15, -0.1) is 24.0 Å². The first kappa shape index (κ1) is 23.1. The molecule has 1 aliphatic heterocycles. The van der Waals surface area contributed by atoms with E-state index in [9.17, 15) is 0 Å². The summed E-state index contributed by atoms with van der Waals surface area (Å²) in [4.78, 5) is 6.67. The first-order chi connectivity index (χ1) is 12.4. The lowest BCUT2D eigenvalue weighted by molar-refractivity contribution is 0.0389. The topological polar surface area (TPSA) is 58.1 Å². The molecule has 1 fully saturated rings. The molecule has 1 saturated heterocycles. The standard InChI is InChI=1S/C19H32N4O2.HI/c1-20-19(22-10-11-23-12-15-24-16-13-23)21-9-5-6-14-25-17-18-7-3-2-4-8-18;/h2-4,7-8H,5-6,9-17H2,1H3,(H2,20,21,22);1H. The van der Waals surface area contributed by atoms with Crippen molar-refractivity contribution < 1.29 is 9.47 Å². The average Bonchev–Trinajstić information content (AvgIpc) is 2.67. The van der Waals surface area contributed by atoms with Crippen LogP contribution in [0.4, 0.5) is 0 Å². The Morgan fingerprint density at radius 1 is 1.12 bits per heavy atom. The summed E-state index contributed by atoms with van der Waals surface area (Å²) in [6.07, 6.45) is 2.11. The number of aliphatic imine (C=N–C) groups is 1. The molecular weight excluding hydrogens is 443 g/mol. The number of nitrogens with one attached hydrogen (secondary N) is 2. The van der Waals surface area contributed by atoms with Crippen LogP contribution in [-0.2, 0) is 16.1 Å². The van der Waals surface area contributed by atoms with Gasteiger partial charge in [-0.3, -0.25) is 9.89 Å². The molecule has 0 aromatic heterocycles. The monoisotopic (exact) mass is 476 g/mol. The van der Waals surface area contributed by atoms with Crippen LogP contribution in [0.1, 0.15) is 18.4 Å². The van der Waals surface area contributed by atoms with Crippen LogP contribution in [0.3, 0.4) is 0 Å². The zero-order valence-electron chi connectivity index (χ0n) is 15.8. The summed E-state index contributed by atoms with van der Waals surface area (Å²) in [6.45, 7) is 8.06. The molecule has 2 rings (SSSR count). The third-order valence-electron chi connectivity index (χ3n) is 4.17. The van der Waals surface area contributed by atoms with Crippen molar-refractivity contribution in [3.05, 3.63) is 35.9 Å². The van der Waals surface area contributed by atoms with Crippen LogP contribution in [0.5, 0.6) is 0 Å². The molecule has 26 heavy (non-hydrogen) atoms. The van der Waals surface area contributed by atoms with Crippen LogP contribution in [0.15, 0.2) is 35.3 Å². The van der Waals surface area contributed by atoms with Crippen molar-refractivity contribution in [1.29, 1.82) is 0 Å². The summed E-state index contributed by atoms with van der Waals surface area (Å²) in [5, 5.41) is 6.72. The number of guanidine groups is 1. The number of halogens is 1. The minimum absolute atomic E-state index is 0. The Bertz CT molecular complexity index is 482. The molecule has 0 saturated carbocycles. The van der Waals surface area contributed by atoms with Crippen molar-refractivity contribution in [1.82, 2.24) is 15.5 Å². The maximum Gasteiger partial charge on any atom is 0.191 e. The maximum absolute atomic E-state index is 5.70. The fourth-order valence-corrected chi connectivity index (χ4v) is 2.68. The first-order valence-corrected chi connectivity index (χ1v) is 9.25. The smallest absolute Gasteiger partial charge is 0.191 e. The van der Waals surface area contributed by atoms with Crippen molar-refractivity contribution in [2.75, 3.05) is 59.6 Å². The number of hydrogen-bond acceptors (Lipinski definition) is 4. The Morgan fingerprint density at radius 2 is 1.85 bits per heavy atom. The Labute approximate surface area is 174 Å². The Kier molecular flexibility index (Phi) is 13.5. The molecule has 0 radical (unpaired) electrons. The number of benzene rings is 1. The fourth-order valence-electron chi connectivity index (χ4n) is 2.68. The minimum Gasteiger partial charge on any atom is -0.379 e. The third kappa shape index (κ3) is 10.3. The largest absolute Gasteiger partial charge is 0.379 e. The summed E-state index contributed by atoms with van der Waals surface area (Å²) in [6, 6.07) is 10.3. The minimum atomic E-state index is 0. The quantitative estimate of drug-likeness (QED) is 0.235. The van der Waals surface area contributed by atoms with Gasteiger partial charge in [-0.25, -0.2) is 0 Å². The second-order valence-electron chi connectivity index (χ2n) is 6.13. The number of nitrogens with zero attached hydrogens (tertiary/aromatic N) is 2. The lowest BCUT2D eigenvalue weighted by atomic mass is 10.2. The van der Waals surface area contributed by atoms with Gasteiger partial charge in [0.05, 0.1) is 19.8 Å². The average molecular weight is 476 g/mol. The van der Waals surface area contributed by atoms with E-state index in [1.807, 2.05) is 25.2 Å². The van der Waals surface area contributed by atoms with Gasteiger partial charge in [0.1, 0.15) is 0 Å². The van der Waals surface area contributed by atoms with E-state index < -0.39 is 0 Å². The molecule has 1 aromatic rings. The molecule has 2 N–H and O–H groups in total. The van der Waals surface area contributed by atoms with Gasteiger partial charge in [0.2, 0.25) is 0 Å². The van der Waals surface area contributed by atoms with Crippen molar-refractivity contribution >= 4 is 29.9 Å². The SMILES string of the molecule is CN=C(NCCCCOCc1ccccc1)NCCN1CCOCC1.I. The fraction of sp³-hybridized carbons (Fsp3) is 0.632. The van der Waals surface area contributed by atoms with Gasteiger partial charge in [-0.05, 0) is 18.4 Å². The summed E-state index contributed by atoms with van der Waals surface area (Å²) in [7, 11) is 1.81. The van der Waals surface area contributed by atoms with Crippen molar-refractivity contribution in [2.45, 2.75) is 19.4 Å². The summed E-state index contributed by atoms with van der Waals surface area (Å²) in [5.74, 6) is 0.874. The normalized spacial score (nSPS) is 15.3. The zero-order chi connectivity index (χ0) is 17.6. The summed E-state index contributed by atoms with van der Waals surface area (Å²) < 4.78 is 11.1. The van der Waals surface area contributed by atoms with Gasteiger partial charge < -0.3 is 20.1 Å². The predicted molar refractivity (Wildman–Crippen MR) is 117 cm³/mol. The molecule has 1 heterocycles. The molecule has 1 aromatic carbocycles. The first-order valence-electron chi connectivity index (χ1n) is 9.25. The highest BCUT2D eigenvalue weighted by Crippen LogP contribution is 2.01. The summed E-state index contributed by atoms with van der Waals surface area (Å²) in [5.41, 5.74) is 1.23. The van der Waals surface area contributed by atoms with Gasteiger partial charge in [-0.2, -0.15) is 0 Å². The van der Waals surface area contributed by atoms with E-state index in [2.05, 4.69) is 32.7 Å². The Balaban J connectivity index is 0.00000338. The molecule has 7 heteroatoms. The zero-order valence-corrected chi connectivity index (χ0v) is 18.1. The van der Waals surface area contributed by atoms with E-state index in [4.69, 9.17) is 9.47 Å². The predicted octanol–water partition coefficient (Wildman–Crippen LogP) is 2.10. The number of rotatable bonds is 10. The van der Waals surface area contributed by atoms with E-state index in [0.717, 1.165) is 71.3 Å². The molecular formula is C19H33IN4O2. The van der Waals surface area contributed by atoms with E-state index in [1.165, 1.54) is 5.56 Å². The molecule has 0 unspecified atom stereocenters. The van der Waals surface area contributed by atoms with Gasteiger partial charge in [0, 0.05) is 46.4 Å².